The number of unbranched alkanes of at least 4 members (excludes halogenated alkanes) is 13. The van der Waals surface area contributed by atoms with E-state index in [1.54, 1.807) is 7.11 Å². The number of aryl methyl sites for hydroxylation is 1. The van der Waals surface area contributed by atoms with Crippen LogP contribution in [0.4, 0.5) is 0 Å². The van der Waals surface area contributed by atoms with Gasteiger partial charge in [-0.15, -0.1) is 0 Å². The molecule has 1 nitrogen and oxygen atoms in total. The van der Waals surface area contributed by atoms with Crippen LogP contribution in [0.15, 0.2) is 24.3 Å². The second-order valence-electron chi connectivity index (χ2n) is 7.19. The van der Waals surface area contributed by atoms with Gasteiger partial charge >= 0.3 is 0 Å². The van der Waals surface area contributed by atoms with Crippen LogP contribution in [0.2, 0.25) is 0 Å². The van der Waals surface area contributed by atoms with Gasteiger partial charge in [0.05, 0.1) is 7.11 Å². The Kier molecular flexibility index (Phi) is 13.6. The van der Waals surface area contributed by atoms with Crippen molar-refractivity contribution in [2.45, 2.75) is 103 Å². The van der Waals surface area contributed by atoms with Crippen LogP contribution in [0.3, 0.4) is 0 Å². The molecular weight excluding hydrogens is 292 g/mol. The van der Waals surface area contributed by atoms with Gasteiger partial charge in [0.25, 0.3) is 0 Å². The van der Waals surface area contributed by atoms with E-state index in [0.717, 1.165) is 5.75 Å². The Hall–Kier alpha value is -0.980. The summed E-state index contributed by atoms with van der Waals surface area (Å²) < 4.78 is 5.20. The lowest BCUT2D eigenvalue weighted by Crippen LogP contribution is -1.88. The molecule has 138 valence electrons. The second-order valence-corrected chi connectivity index (χ2v) is 7.19. The second kappa shape index (κ2) is 15.5. The van der Waals surface area contributed by atoms with E-state index in [1.807, 2.05) is 0 Å². The summed E-state index contributed by atoms with van der Waals surface area (Å²) in [7, 11) is 1.72. The highest BCUT2D eigenvalue weighted by Gasteiger charge is 1.96. The molecule has 0 aliphatic carbocycles. The third-order valence-electron chi connectivity index (χ3n) is 4.98. The van der Waals surface area contributed by atoms with Crippen molar-refractivity contribution in [2.75, 3.05) is 7.11 Å². The fraction of sp³-hybridized carbons (Fsp3) is 0.739. The van der Waals surface area contributed by atoms with E-state index in [4.69, 9.17) is 4.74 Å². The van der Waals surface area contributed by atoms with Crippen LogP contribution < -0.4 is 4.74 Å². The van der Waals surface area contributed by atoms with Crippen LogP contribution in [0, 0.1) is 0 Å². The third-order valence-corrected chi connectivity index (χ3v) is 4.98. The molecule has 0 spiro atoms. The molecule has 24 heavy (non-hydrogen) atoms. The third kappa shape index (κ3) is 11.5. The predicted octanol–water partition coefficient (Wildman–Crippen LogP) is 7.72. The number of hydrogen-bond donors (Lipinski definition) is 0. The van der Waals surface area contributed by atoms with Crippen molar-refractivity contribution >= 4 is 0 Å². The SMILES string of the molecule is CCCCCCCCCCCCCCCCc1ccc(OC)cc1. The van der Waals surface area contributed by atoms with Crippen molar-refractivity contribution in [1.82, 2.24) is 0 Å². The van der Waals surface area contributed by atoms with E-state index >= 15 is 0 Å². The van der Waals surface area contributed by atoms with Gasteiger partial charge in [-0.25, -0.2) is 0 Å². The van der Waals surface area contributed by atoms with E-state index in [1.165, 1.54) is 102 Å². The van der Waals surface area contributed by atoms with Crippen molar-refractivity contribution in [2.24, 2.45) is 0 Å². The predicted molar refractivity (Wildman–Crippen MR) is 107 cm³/mol. The highest BCUT2D eigenvalue weighted by molar-refractivity contribution is 5.27. The average molecular weight is 333 g/mol. The van der Waals surface area contributed by atoms with Gasteiger partial charge < -0.3 is 4.74 Å². The standard InChI is InChI=1S/C23H40O/c1-3-4-5-6-7-8-9-10-11-12-13-14-15-16-17-22-18-20-23(24-2)21-19-22/h18-21H,3-17H2,1-2H3. The van der Waals surface area contributed by atoms with Gasteiger partial charge in [0.2, 0.25) is 0 Å². The lowest BCUT2D eigenvalue weighted by molar-refractivity contribution is 0.414. The van der Waals surface area contributed by atoms with E-state index in [9.17, 15) is 0 Å². The zero-order valence-electron chi connectivity index (χ0n) is 16.3. The first-order chi connectivity index (χ1) is 11.9. The van der Waals surface area contributed by atoms with Crippen LogP contribution in [-0.4, -0.2) is 7.11 Å². The molecule has 0 atom stereocenters. The Labute approximate surface area is 151 Å². The highest BCUT2D eigenvalue weighted by Crippen LogP contribution is 2.15. The van der Waals surface area contributed by atoms with Crippen molar-refractivity contribution in [3.8, 4) is 5.75 Å². The molecule has 0 aromatic heterocycles. The fourth-order valence-corrected chi connectivity index (χ4v) is 3.32. The normalized spacial score (nSPS) is 10.9. The summed E-state index contributed by atoms with van der Waals surface area (Å²) in [5, 5.41) is 0. The number of rotatable bonds is 16. The Bertz CT molecular complexity index is 368. The fourth-order valence-electron chi connectivity index (χ4n) is 3.32. The van der Waals surface area contributed by atoms with E-state index in [-0.39, 0.29) is 0 Å². The summed E-state index contributed by atoms with van der Waals surface area (Å²) in [6, 6.07) is 8.53. The minimum atomic E-state index is 0.958. The molecule has 0 saturated heterocycles. The van der Waals surface area contributed by atoms with Gasteiger partial charge in [-0.1, -0.05) is 103 Å². The largest absolute Gasteiger partial charge is 0.497 e. The lowest BCUT2D eigenvalue weighted by atomic mass is 10.0. The lowest BCUT2D eigenvalue weighted by Gasteiger charge is -2.04. The molecule has 0 saturated carbocycles. The Morgan fingerprint density at radius 1 is 0.583 bits per heavy atom. The molecule has 1 aromatic rings. The smallest absolute Gasteiger partial charge is 0.118 e. The van der Waals surface area contributed by atoms with Crippen LogP contribution in [0.25, 0.3) is 0 Å². The molecular formula is C23H40O. The molecule has 0 amide bonds. The number of hydrogen-bond acceptors (Lipinski definition) is 1. The van der Waals surface area contributed by atoms with Gasteiger partial charge in [0, 0.05) is 0 Å². The van der Waals surface area contributed by atoms with Crippen LogP contribution >= 0.6 is 0 Å². The van der Waals surface area contributed by atoms with Crippen molar-refractivity contribution < 1.29 is 4.74 Å². The maximum absolute atomic E-state index is 5.20. The van der Waals surface area contributed by atoms with Gasteiger partial charge in [-0.05, 0) is 30.5 Å². The highest BCUT2D eigenvalue weighted by atomic mass is 16.5. The summed E-state index contributed by atoms with van der Waals surface area (Å²) >= 11 is 0. The molecule has 1 aromatic carbocycles. The zero-order chi connectivity index (χ0) is 17.3. The van der Waals surface area contributed by atoms with Crippen LogP contribution in [-0.2, 0) is 6.42 Å². The van der Waals surface area contributed by atoms with Crippen LogP contribution in [0.5, 0.6) is 5.75 Å². The monoisotopic (exact) mass is 332 g/mol. The minimum Gasteiger partial charge on any atom is -0.497 e. The maximum atomic E-state index is 5.20. The van der Waals surface area contributed by atoms with Gasteiger partial charge in [0.15, 0.2) is 0 Å². The van der Waals surface area contributed by atoms with Crippen LogP contribution in [0.1, 0.15) is 102 Å². The summed E-state index contributed by atoms with van der Waals surface area (Å²) in [6.07, 6.45) is 21.2. The molecule has 0 aliphatic heterocycles. The molecule has 1 heteroatoms. The maximum Gasteiger partial charge on any atom is 0.118 e. The first kappa shape index (κ1) is 21.1. The van der Waals surface area contributed by atoms with E-state index < -0.39 is 0 Å². The van der Waals surface area contributed by atoms with Crippen molar-refractivity contribution in [3.05, 3.63) is 29.8 Å². The quantitative estimate of drug-likeness (QED) is 0.281. The Balaban J connectivity index is 1.80. The molecule has 0 radical (unpaired) electrons. The number of methoxy groups -OCH3 is 1. The molecule has 0 fully saturated rings. The molecule has 0 bridgehead atoms. The first-order valence-electron chi connectivity index (χ1n) is 10.5. The first-order valence-corrected chi connectivity index (χ1v) is 10.5. The number of benzene rings is 1. The number of ether oxygens (including phenoxy) is 1. The molecule has 1 rings (SSSR count). The minimum absolute atomic E-state index is 0.958. The van der Waals surface area contributed by atoms with E-state index in [2.05, 4.69) is 31.2 Å². The van der Waals surface area contributed by atoms with Crippen molar-refractivity contribution in [1.29, 1.82) is 0 Å². The molecule has 0 N–H and O–H groups in total. The summed E-state index contributed by atoms with van der Waals surface area (Å²) in [5.74, 6) is 0.958. The van der Waals surface area contributed by atoms with Gasteiger partial charge in [0.1, 0.15) is 5.75 Å². The molecule has 0 aliphatic rings. The van der Waals surface area contributed by atoms with Gasteiger partial charge in [-0.3, -0.25) is 0 Å². The summed E-state index contributed by atoms with van der Waals surface area (Å²) in [6.45, 7) is 2.29. The summed E-state index contributed by atoms with van der Waals surface area (Å²) in [5.41, 5.74) is 1.44. The molecule has 0 heterocycles. The molecule has 0 unspecified atom stereocenters. The topological polar surface area (TPSA) is 9.23 Å². The van der Waals surface area contributed by atoms with E-state index in [0.29, 0.717) is 0 Å². The Morgan fingerprint density at radius 2 is 1.00 bits per heavy atom. The van der Waals surface area contributed by atoms with Crippen molar-refractivity contribution in [3.63, 3.8) is 0 Å². The summed E-state index contributed by atoms with van der Waals surface area (Å²) in [4.78, 5) is 0. The van der Waals surface area contributed by atoms with Gasteiger partial charge in [-0.2, -0.15) is 0 Å². The zero-order valence-corrected chi connectivity index (χ0v) is 16.3. The average Bonchev–Trinajstić information content (AvgIpc) is 2.62. The Morgan fingerprint density at radius 3 is 1.42 bits per heavy atom.